The van der Waals surface area contributed by atoms with Crippen molar-refractivity contribution < 1.29 is 27.5 Å². The third kappa shape index (κ3) is 6.79. The number of rotatable bonds is 8. The van der Waals surface area contributed by atoms with Crippen molar-refractivity contribution in [2.45, 2.75) is 12.8 Å². The SMILES string of the molecule is O=C(Nc1ccc(-c2nnc3c(C(=O)NCCc4ccccc4)cccn23)cc1)Nc1ccccc1OC(F)(F)F. The largest absolute Gasteiger partial charge is 0.573 e. The van der Waals surface area contributed by atoms with Crippen LogP contribution in [0.4, 0.5) is 29.3 Å². The zero-order valence-electron chi connectivity index (χ0n) is 21.4. The molecule has 0 saturated carbocycles. The number of amides is 3. The highest BCUT2D eigenvalue weighted by Crippen LogP contribution is 2.30. The van der Waals surface area contributed by atoms with E-state index in [0.717, 1.165) is 11.6 Å². The summed E-state index contributed by atoms with van der Waals surface area (Å²) in [5, 5.41) is 16.3. The number of carbonyl (C=O) groups is 2. The summed E-state index contributed by atoms with van der Waals surface area (Å²) < 4.78 is 43.6. The van der Waals surface area contributed by atoms with Crippen LogP contribution in [-0.2, 0) is 6.42 Å². The summed E-state index contributed by atoms with van der Waals surface area (Å²) in [6.07, 6.45) is -2.46. The number of urea groups is 1. The number of alkyl halides is 3. The van der Waals surface area contributed by atoms with Gasteiger partial charge < -0.3 is 20.7 Å². The maximum Gasteiger partial charge on any atom is 0.573 e. The van der Waals surface area contributed by atoms with Crippen molar-refractivity contribution in [3.63, 3.8) is 0 Å². The van der Waals surface area contributed by atoms with Gasteiger partial charge in [-0.25, -0.2) is 4.79 Å². The lowest BCUT2D eigenvalue weighted by Gasteiger charge is -2.14. The Balaban J connectivity index is 1.25. The van der Waals surface area contributed by atoms with Crippen LogP contribution < -0.4 is 20.7 Å². The molecule has 3 amide bonds. The number of carbonyl (C=O) groups excluding carboxylic acids is 2. The van der Waals surface area contributed by atoms with E-state index in [9.17, 15) is 22.8 Å². The Morgan fingerprint density at radius 2 is 1.56 bits per heavy atom. The van der Waals surface area contributed by atoms with Crippen molar-refractivity contribution >= 4 is 29.0 Å². The molecule has 0 spiro atoms. The molecule has 208 valence electrons. The summed E-state index contributed by atoms with van der Waals surface area (Å²) in [5.41, 5.74) is 2.78. The van der Waals surface area contributed by atoms with Gasteiger partial charge in [0.05, 0.1) is 11.3 Å². The van der Waals surface area contributed by atoms with Gasteiger partial charge in [-0.1, -0.05) is 42.5 Å². The number of para-hydroxylation sites is 2. The van der Waals surface area contributed by atoms with Crippen molar-refractivity contribution in [2.24, 2.45) is 0 Å². The topological polar surface area (TPSA) is 110 Å². The van der Waals surface area contributed by atoms with Gasteiger partial charge in [0, 0.05) is 24.0 Å². The molecule has 0 atom stereocenters. The molecule has 12 heteroatoms. The Hall–Kier alpha value is -5.39. The molecular weight excluding hydrogens is 537 g/mol. The van der Waals surface area contributed by atoms with Gasteiger partial charge in [-0.15, -0.1) is 23.4 Å². The fraction of sp³-hybridized carbons (Fsp3) is 0.103. The molecular formula is C29H23F3N6O3. The average Bonchev–Trinajstić information content (AvgIpc) is 3.39. The number of nitrogens with zero attached hydrogens (tertiary/aromatic N) is 3. The number of anilines is 2. The van der Waals surface area contributed by atoms with Crippen LogP contribution in [0.1, 0.15) is 15.9 Å². The Kier molecular flexibility index (Phi) is 7.81. The second-order valence-electron chi connectivity index (χ2n) is 8.83. The molecule has 5 aromatic rings. The first-order chi connectivity index (χ1) is 19.8. The Labute approximate surface area is 232 Å². The summed E-state index contributed by atoms with van der Waals surface area (Å²) >= 11 is 0. The molecule has 2 heterocycles. The number of aromatic nitrogens is 3. The van der Waals surface area contributed by atoms with Gasteiger partial charge in [0.15, 0.2) is 17.2 Å². The first kappa shape index (κ1) is 27.2. The molecule has 0 aliphatic rings. The minimum atomic E-state index is -4.90. The number of halogens is 3. The van der Waals surface area contributed by atoms with Crippen LogP contribution in [0.5, 0.6) is 5.75 Å². The van der Waals surface area contributed by atoms with E-state index in [2.05, 4.69) is 30.9 Å². The number of hydrogen-bond acceptors (Lipinski definition) is 5. The van der Waals surface area contributed by atoms with Crippen LogP contribution in [0.3, 0.4) is 0 Å². The summed E-state index contributed by atoms with van der Waals surface area (Å²) in [6.45, 7) is 0.466. The summed E-state index contributed by atoms with van der Waals surface area (Å²) in [6, 6.07) is 24.3. The zero-order chi connectivity index (χ0) is 28.8. The Morgan fingerprint density at radius 3 is 2.32 bits per heavy atom. The van der Waals surface area contributed by atoms with Crippen LogP contribution in [0.15, 0.2) is 97.2 Å². The number of ether oxygens (including phenoxy) is 1. The van der Waals surface area contributed by atoms with Crippen LogP contribution in [0.2, 0.25) is 0 Å². The molecule has 2 aromatic heterocycles. The highest BCUT2D eigenvalue weighted by Gasteiger charge is 2.32. The molecule has 0 bridgehead atoms. The molecule has 0 aliphatic carbocycles. The van der Waals surface area contributed by atoms with Crippen LogP contribution in [0, 0.1) is 0 Å². The number of hydrogen-bond donors (Lipinski definition) is 3. The maximum atomic E-state index is 12.9. The fourth-order valence-electron chi connectivity index (χ4n) is 4.12. The molecule has 9 nitrogen and oxygen atoms in total. The molecule has 0 fully saturated rings. The quantitative estimate of drug-likeness (QED) is 0.219. The average molecular weight is 561 g/mol. The van der Waals surface area contributed by atoms with Gasteiger partial charge in [0.25, 0.3) is 5.91 Å². The second-order valence-corrected chi connectivity index (χ2v) is 8.83. The van der Waals surface area contributed by atoms with E-state index in [1.165, 1.54) is 18.2 Å². The van der Waals surface area contributed by atoms with E-state index >= 15 is 0 Å². The van der Waals surface area contributed by atoms with Crippen LogP contribution >= 0.6 is 0 Å². The van der Waals surface area contributed by atoms with Crippen LogP contribution in [-0.4, -0.2) is 39.4 Å². The number of benzene rings is 3. The van der Waals surface area contributed by atoms with Crippen molar-refractivity contribution in [3.05, 3.63) is 108 Å². The number of pyridine rings is 1. The highest BCUT2D eigenvalue weighted by atomic mass is 19.4. The standard InChI is InChI=1S/C29H23F3N6O3/c30-29(31,32)41-24-11-5-4-10-23(24)35-28(40)34-21-14-12-20(13-15-21)25-36-37-26-22(9-6-18-38(25)26)27(39)33-17-16-19-7-2-1-3-8-19/h1-15,18H,16-17H2,(H,33,39)(H2,34,35,40). The minimum Gasteiger partial charge on any atom is -0.404 e. The van der Waals surface area contributed by atoms with E-state index < -0.39 is 18.1 Å². The van der Waals surface area contributed by atoms with Crippen molar-refractivity contribution in [2.75, 3.05) is 17.2 Å². The van der Waals surface area contributed by atoms with Gasteiger partial charge >= 0.3 is 12.4 Å². The van der Waals surface area contributed by atoms with E-state index in [0.29, 0.717) is 41.3 Å². The fourth-order valence-corrected chi connectivity index (χ4v) is 4.12. The molecule has 0 saturated heterocycles. The monoisotopic (exact) mass is 560 g/mol. The van der Waals surface area contributed by atoms with Gasteiger partial charge in [-0.05, 0) is 60.5 Å². The predicted octanol–water partition coefficient (Wildman–Crippen LogP) is 5.91. The lowest BCUT2D eigenvalue weighted by molar-refractivity contribution is -0.274. The van der Waals surface area contributed by atoms with Crippen molar-refractivity contribution in [3.8, 4) is 17.1 Å². The van der Waals surface area contributed by atoms with E-state index in [-0.39, 0.29) is 11.6 Å². The normalized spacial score (nSPS) is 11.2. The highest BCUT2D eigenvalue weighted by molar-refractivity contribution is 6.01. The molecule has 0 aliphatic heterocycles. The van der Waals surface area contributed by atoms with Gasteiger partial charge in [-0.2, -0.15) is 0 Å². The number of nitrogens with one attached hydrogen (secondary N) is 3. The van der Waals surface area contributed by atoms with E-state index in [1.807, 2.05) is 30.3 Å². The molecule has 3 N–H and O–H groups in total. The van der Waals surface area contributed by atoms with Crippen LogP contribution in [0.25, 0.3) is 17.0 Å². The van der Waals surface area contributed by atoms with Gasteiger partial charge in [0.1, 0.15) is 0 Å². The molecule has 5 rings (SSSR count). The Morgan fingerprint density at radius 1 is 0.829 bits per heavy atom. The number of fused-ring (bicyclic) bond motifs is 1. The first-order valence-corrected chi connectivity index (χ1v) is 12.5. The van der Waals surface area contributed by atoms with Crippen molar-refractivity contribution in [1.82, 2.24) is 19.9 Å². The smallest absolute Gasteiger partial charge is 0.404 e. The molecule has 0 unspecified atom stereocenters. The van der Waals surface area contributed by atoms with E-state index in [1.54, 1.807) is 47.0 Å². The molecule has 3 aromatic carbocycles. The molecule has 41 heavy (non-hydrogen) atoms. The van der Waals surface area contributed by atoms with E-state index in [4.69, 9.17) is 0 Å². The molecule has 0 radical (unpaired) electrons. The summed E-state index contributed by atoms with van der Waals surface area (Å²) in [5.74, 6) is -0.320. The summed E-state index contributed by atoms with van der Waals surface area (Å²) in [4.78, 5) is 25.3. The van der Waals surface area contributed by atoms with Gasteiger partial charge in [-0.3, -0.25) is 9.20 Å². The lowest BCUT2D eigenvalue weighted by Crippen LogP contribution is -2.26. The zero-order valence-corrected chi connectivity index (χ0v) is 21.4. The third-order valence-corrected chi connectivity index (χ3v) is 5.98. The lowest BCUT2D eigenvalue weighted by atomic mass is 10.1. The third-order valence-electron chi connectivity index (χ3n) is 5.98. The van der Waals surface area contributed by atoms with Gasteiger partial charge in [0.2, 0.25) is 0 Å². The summed E-state index contributed by atoms with van der Waals surface area (Å²) in [7, 11) is 0. The maximum absolute atomic E-state index is 12.9. The Bertz CT molecular complexity index is 1670. The first-order valence-electron chi connectivity index (χ1n) is 12.5. The minimum absolute atomic E-state index is 0.145. The van der Waals surface area contributed by atoms with Crippen molar-refractivity contribution in [1.29, 1.82) is 0 Å². The second kappa shape index (κ2) is 11.8. The predicted molar refractivity (Wildman–Crippen MR) is 147 cm³/mol.